The highest BCUT2D eigenvalue weighted by Crippen LogP contribution is 2.36. The van der Waals surface area contributed by atoms with E-state index in [4.69, 9.17) is 4.42 Å². The number of hydrogen-bond acceptors (Lipinski definition) is 4. The summed E-state index contributed by atoms with van der Waals surface area (Å²) < 4.78 is 32.8. The van der Waals surface area contributed by atoms with E-state index in [1.807, 2.05) is 0 Å². The van der Waals surface area contributed by atoms with Crippen molar-refractivity contribution in [2.24, 2.45) is 5.92 Å². The molecule has 2 atom stereocenters. The van der Waals surface area contributed by atoms with Gasteiger partial charge in [0.1, 0.15) is 16.4 Å². The van der Waals surface area contributed by atoms with Crippen molar-refractivity contribution >= 4 is 10.0 Å². The third-order valence-electron chi connectivity index (χ3n) is 3.45. The summed E-state index contributed by atoms with van der Waals surface area (Å²) >= 11 is 0. The van der Waals surface area contributed by atoms with Crippen LogP contribution >= 0.6 is 0 Å². The predicted octanol–water partition coefficient (Wildman–Crippen LogP) is 1.77. The summed E-state index contributed by atoms with van der Waals surface area (Å²) in [6, 6.07) is 1.71. The topological polar surface area (TPSA) is 71.3 Å². The number of furan rings is 1. The molecule has 1 fully saturated rings. The molecule has 0 aromatic carbocycles. The van der Waals surface area contributed by atoms with E-state index >= 15 is 0 Å². The van der Waals surface area contributed by atoms with Crippen LogP contribution in [0.3, 0.4) is 0 Å². The summed E-state index contributed by atoms with van der Waals surface area (Å²) in [4.78, 5) is 0.264. The van der Waals surface area contributed by atoms with E-state index in [9.17, 15) is 8.42 Å². The molecule has 0 aliphatic heterocycles. The van der Waals surface area contributed by atoms with E-state index in [-0.39, 0.29) is 10.9 Å². The standard InChI is InChI=1S/C13H22N2O3S/c1-4-5-10-6-12(10)15-19(16,17)13-7-11(8-14-3)18-9(13)2/h7,10,12,14-15H,4-6,8H2,1-3H3. The molecule has 5 nitrogen and oxygen atoms in total. The van der Waals surface area contributed by atoms with Gasteiger partial charge in [-0.2, -0.15) is 0 Å². The molecule has 2 unspecified atom stereocenters. The highest BCUT2D eigenvalue weighted by Gasteiger charge is 2.39. The van der Waals surface area contributed by atoms with Crippen molar-refractivity contribution in [3.63, 3.8) is 0 Å². The molecule has 0 radical (unpaired) electrons. The van der Waals surface area contributed by atoms with E-state index in [1.54, 1.807) is 20.0 Å². The first kappa shape index (κ1) is 14.6. The highest BCUT2D eigenvalue weighted by molar-refractivity contribution is 7.89. The van der Waals surface area contributed by atoms with Gasteiger partial charge in [-0.15, -0.1) is 0 Å². The maximum atomic E-state index is 12.3. The molecule has 2 N–H and O–H groups in total. The molecule has 19 heavy (non-hydrogen) atoms. The van der Waals surface area contributed by atoms with Crippen molar-refractivity contribution in [2.75, 3.05) is 7.05 Å². The van der Waals surface area contributed by atoms with Crippen molar-refractivity contribution in [1.29, 1.82) is 0 Å². The van der Waals surface area contributed by atoms with Gasteiger partial charge in [-0.05, 0) is 32.7 Å². The summed E-state index contributed by atoms with van der Waals surface area (Å²) in [5.41, 5.74) is 0. The zero-order chi connectivity index (χ0) is 14.0. The van der Waals surface area contributed by atoms with Gasteiger partial charge in [-0.1, -0.05) is 13.3 Å². The quantitative estimate of drug-likeness (QED) is 0.801. The monoisotopic (exact) mass is 286 g/mol. The molecule has 108 valence electrons. The largest absolute Gasteiger partial charge is 0.464 e. The van der Waals surface area contributed by atoms with Gasteiger partial charge in [0.05, 0.1) is 6.54 Å². The fraction of sp³-hybridized carbons (Fsp3) is 0.692. The van der Waals surface area contributed by atoms with Crippen molar-refractivity contribution in [3.8, 4) is 0 Å². The Labute approximate surface area is 114 Å². The fourth-order valence-electron chi connectivity index (χ4n) is 2.40. The maximum Gasteiger partial charge on any atom is 0.244 e. The van der Waals surface area contributed by atoms with Crippen molar-refractivity contribution in [3.05, 3.63) is 17.6 Å². The third kappa shape index (κ3) is 3.38. The van der Waals surface area contributed by atoms with E-state index in [0.717, 1.165) is 19.3 Å². The number of sulfonamides is 1. The molecule has 0 bridgehead atoms. The summed E-state index contributed by atoms with van der Waals surface area (Å²) in [5, 5.41) is 2.94. The number of aryl methyl sites for hydroxylation is 1. The molecule has 0 amide bonds. The SMILES string of the molecule is CCCC1CC1NS(=O)(=O)c1cc(CNC)oc1C. The summed E-state index contributed by atoms with van der Waals surface area (Å²) in [6.07, 6.45) is 3.13. The van der Waals surface area contributed by atoms with Crippen molar-refractivity contribution in [2.45, 2.75) is 50.6 Å². The van der Waals surface area contributed by atoms with Crippen LogP contribution < -0.4 is 10.0 Å². The Morgan fingerprint density at radius 1 is 1.47 bits per heavy atom. The maximum absolute atomic E-state index is 12.3. The van der Waals surface area contributed by atoms with Crippen LogP contribution in [0.5, 0.6) is 0 Å². The first-order chi connectivity index (χ1) is 8.97. The lowest BCUT2D eigenvalue weighted by atomic mass is 10.2. The lowest BCUT2D eigenvalue weighted by Crippen LogP contribution is -2.27. The molecule has 1 aromatic rings. The molecule has 1 saturated carbocycles. The summed E-state index contributed by atoms with van der Waals surface area (Å²) in [6.45, 7) is 4.33. The molecule has 1 aliphatic carbocycles. The van der Waals surface area contributed by atoms with Gasteiger partial charge >= 0.3 is 0 Å². The van der Waals surface area contributed by atoms with Crippen LogP contribution in [0.25, 0.3) is 0 Å². The van der Waals surface area contributed by atoms with Gasteiger partial charge in [0.25, 0.3) is 0 Å². The van der Waals surface area contributed by atoms with Crippen LogP contribution in [0.15, 0.2) is 15.4 Å². The highest BCUT2D eigenvalue weighted by atomic mass is 32.2. The second kappa shape index (κ2) is 5.64. The van der Waals surface area contributed by atoms with Crippen LogP contribution in [0, 0.1) is 12.8 Å². The second-order valence-corrected chi connectivity index (χ2v) is 6.86. The number of nitrogens with one attached hydrogen (secondary N) is 2. The van der Waals surface area contributed by atoms with Crippen molar-refractivity contribution in [1.82, 2.24) is 10.0 Å². The van der Waals surface area contributed by atoms with Crippen LogP contribution in [0.4, 0.5) is 0 Å². The van der Waals surface area contributed by atoms with Gasteiger partial charge in [0.15, 0.2) is 0 Å². The lowest BCUT2D eigenvalue weighted by Gasteiger charge is -2.04. The van der Waals surface area contributed by atoms with Gasteiger partial charge in [0, 0.05) is 12.1 Å². The average Bonchev–Trinajstić information content (AvgIpc) is 2.90. The molecule has 0 spiro atoms. The first-order valence-corrected chi connectivity index (χ1v) is 8.22. The second-order valence-electron chi connectivity index (χ2n) is 5.18. The Kier molecular flexibility index (Phi) is 4.32. The van der Waals surface area contributed by atoms with E-state index in [2.05, 4.69) is 17.0 Å². The van der Waals surface area contributed by atoms with Crippen LogP contribution in [0.2, 0.25) is 0 Å². The minimum absolute atomic E-state index is 0.104. The Hall–Kier alpha value is -0.850. The predicted molar refractivity (Wildman–Crippen MR) is 73.3 cm³/mol. The van der Waals surface area contributed by atoms with Crippen molar-refractivity contribution < 1.29 is 12.8 Å². The number of hydrogen-bond donors (Lipinski definition) is 2. The van der Waals surface area contributed by atoms with Gasteiger partial charge in [-0.3, -0.25) is 0 Å². The van der Waals surface area contributed by atoms with E-state index in [0.29, 0.717) is 24.0 Å². The van der Waals surface area contributed by atoms with Crippen LogP contribution in [0.1, 0.15) is 37.7 Å². The molecule has 2 rings (SSSR count). The van der Waals surface area contributed by atoms with Gasteiger partial charge in [-0.25, -0.2) is 13.1 Å². The molecule has 0 saturated heterocycles. The Bertz CT molecular complexity index is 536. The zero-order valence-electron chi connectivity index (χ0n) is 11.7. The molecule has 6 heteroatoms. The molecule has 1 aliphatic rings. The fourth-order valence-corrected chi connectivity index (χ4v) is 3.92. The summed E-state index contributed by atoms with van der Waals surface area (Å²) in [5.74, 6) is 1.59. The van der Waals surface area contributed by atoms with Crippen LogP contribution in [-0.4, -0.2) is 21.5 Å². The third-order valence-corrected chi connectivity index (χ3v) is 5.05. The minimum atomic E-state index is -3.45. The molecule has 1 aromatic heterocycles. The Balaban J connectivity index is 2.07. The minimum Gasteiger partial charge on any atom is -0.464 e. The zero-order valence-corrected chi connectivity index (χ0v) is 12.5. The lowest BCUT2D eigenvalue weighted by molar-refractivity contribution is 0.465. The Morgan fingerprint density at radius 3 is 2.84 bits per heavy atom. The van der Waals surface area contributed by atoms with E-state index < -0.39 is 10.0 Å². The molecular formula is C13H22N2O3S. The normalized spacial score (nSPS) is 22.7. The summed E-state index contributed by atoms with van der Waals surface area (Å²) in [7, 11) is -1.65. The van der Waals surface area contributed by atoms with E-state index in [1.165, 1.54) is 0 Å². The van der Waals surface area contributed by atoms with Gasteiger partial charge in [0.2, 0.25) is 10.0 Å². The molecular weight excluding hydrogens is 264 g/mol. The first-order valence-electron chi connectivity index (χ1n) is 6.74. The smallest absolute Gasteiger partial charge is 0.244 e. The average molecular weight is 286 g/mol. The van der Waals surface area contributed by atoms with Crippen LogP contribution in [-0.2, 0) is 16.6 Å². The number of rotatable bonds is 7. The molecule has 1 heterocycles. The Morgan fingerprint density at radius 2 is 2.21 bits per heavy atom. The van der Waals surface area contributed by atoms with Gasteiger partial charge < -0.3 is 9.73 Å².